The Hall–Kier alpha value is -1.36. The van der Waals surface area contributed by atoms with Gasteiger partial charge in [0.25, 0.3) is 0 Å². The van der Waals surface area contributed by atoms with E-state index < -0.39 is 0 Å². The maximum Gasteiger partial charge on any atom is 0.220 e. The first-order valence-electron chi connectivity index (χ1n) is 10.4. The summed E-state index contributed by atoms with van der Waals surface area (Å²) in [5.41, 5.74) is 8.80. The minimum atomic E-state index is -0.143. The largest absolute Gasteiger partial charge is 0.369 e. The van der Waals surface area contributed by atoms with E-state index in [9.17, 15) is 4.79 Å². The zero-order chi connectivity index (χ0) is 20.5. The van der Waals surface area contributed by atoms with Gasteiger partial charge in [0.1, 0.15) is 0 Å². The van der Waals surface area contributed by atoms with Crippen LogP contribution in [0.3, 0.4) is 0 Å². The number of aryl methyl sites for hydroxylation is 2. The minimum absolute atomic E-state index is 0. The second-order valence-corrected chi connectivity index (χ2v) is 7.62. The Morgan fingerprint density at radius 3 is 2.48 bits per heavy atom. The van der Waals surface area contributed by atoms with Crippen molar-refractivity contribution in [2.75, 3.05) is 32.7 Å². The molecule has 2 rings (SSSR count). The highest BCUT2D eigenvalue weighted by atomic mass is 127. The molecule has 1 amide bonds. The number of halogens is 1. The molecular weight excluding hydrogens is 481 g/mol. The van der Waals surface area contributed by atoms with Crippen molar-refractivity contribution < 1.29 is 4.79 Å². The number of guanidine groups is 1. The number of piperidine rings is 1. The van der Waals surface area contributed by atoms with Crippen molar-refractivity contribution in [1.29, 1.82) is 0 Å². The van der Waals surface area contributed by atoms with Gasteiger partial charge in [-0.3, -0.25) is 9.48 Å². The molecular formula is C20H38IN7O. The molecule has 1 aliphatic heterocycles. The van der Waals surface area contributed by atoms with Crippen molar-refractivity contribution in [1.82, 2.24) is 25.3 Å². The molecule has 0 unspecified atom stereocenters. The lowest BCUT2D eigenvalue weighted by Crippen LogP contribution is -2.39. The fraction of sp³-hybridized carbons (Fsp3) is 0.750. The van der Waals surface area contributed by atoms with Crippen molar-refractivity contribution in [3.05, 3.63) is 17.0 Å². The number of amides is 1. The monoisotopic (exact) mass is 519 g/mol. The number of hydrogen-bond donors (Lipinski definition) is 3. The Morgan fingerprint density at radius 2 is 1.93 bits per heavy atom. The summed E-state index contributed by atoms with van der Waals surface area (Å²) >= 11 is 0. The maximum atomic E-state index is 11.2. The molecule has 8 nitrogen and oxygen atoms in total. The predicted octanol–water partition coefficient (Wildman–Crippen LogP) is 1.69. The first-order valence-corrected chi connectivity index (χ1v) is 10.4. The van der Waals surface area contributed by atoms with Crippen molar-refractivity contribution in [2.45, 2.75) is 53.0 Å². The maximum absolute atomic E-state index is 11.2. The molecule has 1 aromatic heterocycles. The van der Waals surface area contributed by atoms with Crippen LogP contribution in [0.15, 0.2) is 4.99 Å². The molecule has 1 saturated heterocycles. The summed E-state index contributed by atoms with van der Waals surface area (Å²) in [6.07, 6.45) is 4.02. The number of primary amides is 1. The van der Waals surface area contributed by atoms with E-state index in [0.29, 0.717) is 6.54 Å². The standard InChI is InChI=1S/C20H37N7O.HI/c1-5-22-20(24-14-18-15(2)25-26(4)16(18)3)23-10-6-7-11-27-12-8-17(9-13-27)19(21)28;/h17H,5-14H2,1-4H3,(H2,21,28)(H2,22,23,24);1H. The first kappa shape index (κ1) is 25.7. The van der Waals surface area contributed by atoms with Gasteiger partial charge < -0.3 is 21.3 Å². The van der Waals surface area contributed by atoms with E-state index >= 15 is 0 Å². The van der Waals surface area contributed by atoms with Crippen LogP contribution in [-0.2, 0) is 18.4 Å². The van der Waals surface area contributed by atoms with Crippen molar-refractivity contribution >= 4 is 35.8 Å². The van der Waals surface area contributed by atoms with Crippen LogP contribution < -0.4 is 16.4 Å². The second kappa shape index (κ2) is 13.0. The minimum Gasteiger partial charge on any atom is -0.369 e. The molecule has 166 valence electrons. The first-order chi connectivity index (χ1) is 13.4. The lowest BCUT2D eigenvalue weighted by molar-refractivity contribution is -0.123. The molecule has 1 aliphatic rings. The Kier molecular flexibility index (Phi) is 11.6. The fourth-order valence-electron chi connectivity index (χ4n) is 3.65. The number of carbonyl (C=O) groups is 1. The highest BCUT2D eigenvalue weighted by Gasteiger charge is 2.22. The van der Waals surface area contributed by atoms with Gasteiger partial charge in [-0.1, -0.05) is 0 Å². The Balaban J connectivity index is 0.00000420. The van der Waals surface area contributed by atoms with Crippen LogP contribution in [0.5, 0.6) is 0 Å². The highest BCUT2D eigenvalue weighted by molar-refractivity contribution is 14.0. The normalized spacial score (nSPS) is 15.8. The number of rotatable bonds is 9. The van der Waals surface area contributed by atoms with Crippen LogP contribution in [0.25, 0.3) is 0 Å². The van der Waals surface area contributed by atoms with Gasteiger partial charge in [-0.25, -0.2) is 4.99 Å². The number of likely N-dealkylation sites (tertiary alicyclic amines) is 1. The summed E-state index contributed by atoms with van der Waals surface area (Å²) < 4.78 is 1.91. The summed E-state index contributed by atoms with van der Waals surface area (Å²) in [5, 5.41) is 11.2. The Labute approximate surface area is 192 Å². The van der Waals surface area contributed by atoms with E-state index in [1.54, 1.807) is 0 Å². The molecule has 1 fully saturated rings. The van der Waals surface area contributed by atoms with Gasteiger partial charge in [-0.15, -0.1) is 24.0 Å². The molecule has 0 bridgehead atoms. The summed E-state index contributed by atoms with van der Waals surface area (Å²) in [4.78, 5) is 18.4. The van der Waals surface area contributed by atoms with Gasteiger partial charge in [-0.05, 0) is 66.1 Å². The van der Waals surface area contributed by atoms with Gasteiger partial charge in [-0.2, -0.15) is 5.10 Å². The van der Waals surface area contributed by atoms with E-state index in [2.05, 4.69) is 34.5 Å². The summed E-state index contributed by atoms with van der Waals surface area (Å²) in [5.74, 6) is 0.784. The third kappa shape index (κ3) is 8.12. The number of nitrogens with zero attached hydrogens (tertiary/aromatic N) is 4. The van der Waals surface area contributed by atoms with Gasteiger partial charge in [0.15, 0.2) is 5.96 Å². The van der Waals surface area contributed by atoms with Crippen molar-refractivity contribution in [3.63, 3.8) is 0 Å². The summed E-state index contributed by atoms with van der Waals surface area (Å²) in [6, 6.07) is 0. The molecule has 0 aliphatic carbocycles. The fourth-order valence-corrected chi connectivity index (χ4v) is 3.65. The lowest BCUT2D eigenvalue weighted by atomic mass is 9.96. The van der Waals surface area contributed by atoms with Gasteiger partial charge in [0.05, 0.1) is 12.2 Å². The number of nitrogens with two attached hydrogens (primary N) is 1. The van der Waals surface area contributed by atoms with Crippen LogP contribution in [0, 0.1) is 19.8 Å². The molecule has 0 aromatic carbocycles. The zero-order valence-electron chi connectivity index (χ0n) is 18.3. The van der Waals surface area contributed by atoms with E-state index in [1.807, 2.05) is 18.7 Å². The van der Waals surface area contributed by atoms with E-state index in [4.69, 9.17) is 10.7 Å². The molecule has 0 spiro atoms. The third-order valence-corrected chi connectivity index (χ3v) is 5.58. The second-order valence-electron chi connectivity index (χ2n) is 7.62. The van der Waals surface area contributed by atoms with E-state index in [-0.39, 0.29) is 35.8 Å². The lowest BCUT2D eigenvalue weighted by Gasteiger charge is -2.30. The highest BCUT2D eigenvalue weighted by Crippen LogP contribution is 2.16. The molecule has 0 radical (unpaired) electrons. The number of carbonyl (C=O) groups excluding carboxylic acids is 1. The number of nitrogens with one attached hydrogen (secondary N) is 2. The average molecular weight is 519 g/mol. The quantitative estimate of drug-likeness (QED) is 0.200. The van der Waals surface area contributed by atoms with Crippen LogP contribution in [0.2, 0.25) is 0 Å². The van der Waals surface area contributed by atoms with Crippen molar-refractivity contribution in [3.8, 4) is 0 Å². The van der Waals surface area contributed by atoms with Gasteiger partial charge in [0, 0.05) is 37.3 Å². The van der Waals surface area contributed by atoms with Gasteiger partial charge in [0.2, 0.25) is 5.91 Å². The Bertz CT molecular complexity index is 666. The third-order valence-electron chi connectivity index (χ3n) is 5.58. The molecule has 29 heavy (non-hydrogen) atoms. The molecule has 1 aromatic rings. The summed E-state index contributed by atoms with van der Waals surface area (Å²) in [7, 11) is 1.97. The van der Waals surface area contributed by atoms with Crippen LogP contribution in [0.1, 0.15) is 49.6 Å². The molecule has 0 atom stereocenters. The van der Waals surface area contributed by atoms with E-state index in [0.717, 1.165) is 75.8 Å². The Morgan fingerprint density at radius 1 is 1.24 bits per heavy atom. The number of hydrogen-bond acceptors (Lipinski definition) is 4. The van der Waals surface area contributed by atoms with E-state index in [1.165, 1.54) is 5.56 Å². The molecule has 2 heterocycles. The number of aliphatic imine (C=N–C) groups is 1. The van der Waals surface area contributed by atoms with Crippen LogP contribution >= 0.6 is 24.0 Å². The topological polar surface area (TPSA) is 101 Å². The number of aromatic nitrogens is 2. The summed E-state index contributed by atoms with van der Waals surface area (Å²) in [6.45, 7) is 11.6. The molecule has 4 N–H and O–H groups in total. The molecule has 0 saturated carbocycles. The smallest absolute Gasteiger partial charge is 0.220 e. The van der Waals surface area contributed by atoms with Crippen LogP contribution in [-0.4, -0.2) is 59.3 Å². The zero-order valence-corrected chi connectivity index (χ0v) is 20.7. The van der Waals surface area contributed by atoms with Crippen molar-refractivity contribution in [2.24, 2.45) is 23.7 Å². The molecule has 9 heteroatoms. The SMILES string of the molecule is CCNC(=NCc1c(C)nn(C)c1C)NCCCCN1CCC(C(N)=O)CC1.I. The number of unbranched alkanes of at least 4 members (excludes halogenated alkanes) is 1. The average Bonchev–Trinajstić information content (AvgIpc) is 2.91. The predicted molar refractivity (Wildman–Crippen MR) is 129 cm³/mol. The van der Waals surface area contributed by atoms with Gasteiger partial charge >= 0.3 is 0 Å². The van der Waals surface area contributed by atoms with Crippen LogP contribution in [0.4, 0.5) is 0 Å².